The number of amides is 1. The summed E-state index contributed by atoms with van der Waals surface area (Å²) in [4.78, 5) is 22.6. The van der Waals surface area contributed by atoms with Crippen LogP contribution >= 0.6 is 0 Å². The smallest absolute Gasteiger partial charge is 0.256 e. The number of para-hydroxylation sites is 3. The van der Waals surface area contributed by atoms with Gasteiger partial charge in [0.25, 0.3) is 5.91 Å². The van der Waals surface area contributed by atoms with Gasteiger partial charge in [-0.3, -0.25) is 4.79 Å². The minimum absolute atomic E-state index is 0.0700. The molecule has 1 aromatic heterocycles. The van der Waals surface area contributed by atoms with Crippen LogP contribution in [0.15, 0.2) is 67.0 Å². The second-order valence-corrected chi connectivity index (χ2v) is 5.81. The molecule has 0 radical (unpaired) electrons. The number of nitrogens with one attached hydrogen (secondary N) is 1. The zero-order valence-corrected chi connectivity index (χ0v) is 15.4. The van der Waals surface area contributed by atoms with Gasteiger partial charge in [0.1, 0.15) is 5.75 Å². The van der Waals surface area contributed by atoms with Crippen molar-refractivity contribution in [3.8, 4) is 11.5 Å². The highest BCUT2D eigenvalue weighted by Crippen LogP contribution is 2.30. The lowest BCUT2D eigenvalue weighted by atomic mass is 10.3. The van der Waals surface area contributed by atoms with E-state index in [9.17, 15) is 4.79 Å². The lowest BCUT2D eigenvalue weighted by Gasteiger charge is -2.18. The number of benzene rings is 2. The van der Waals surface area contributed by atoms with Gasteiger partial charge in [0, 0.05) is 25.5 Å². The van der Waals surface area contributed by atoms with Crippen molar-refractivity contribution in [3.05, 3.63) is 72.6 Å². The number of anilines is 2. The number of aromatic nitrogens is 2. The maximum absolute atomic E-state index is 12.3. The van der Waals surface area contributed by atoms with Crippen molar-refractivity contribution in [3.63, 3.8) is 0 Å². The summed E-state index contributed by atoms with van der Waals surface area (Å²) in [6, 6.07) is 17.1. The van der Waals surface area contributed by atoms with E-state index in [0.29, 0.717) is 30.4 Å². The molecule has 0 saturated carbocycles. The van der Waals surface area contributed by atoms with Gasteiger partial charge in [0.2, 0.25) is 5.95 Å². The Kier molecular flexibility index (Phi) is 5.99. The summed E-state index contributed by atoms with van der Waals surface area (Å²) in [5.41, 5.74) is 1.21. The van der Waals surface area contributed by atoms with Gasteiger partial charge in [-0.15, -0.1) is 0 Å². The van der Waals surface area contributed by atoms with Gasteiger partial charge in [0.15, 0.2) is 5.75 Å². The third-order valence-corrected chi connectivity index (χ3v) is 4.05. The van der Waals surface area contributed by atoms with Crippen molar-refractivity contribution in [1.82, 2.24) is 14.9 Å². The topological polar surface area (TPSA) is 67.4 Å². The first kappa shape index (κ1) is 18.4. The predicted molar refractivity (Wildman–Crippen MR) is 106 cm³/mol. The Morgan fingerprint density at radius 1 is 0.963 bits per heavy atom. The number of carbonyl (C=O) groups is 1. The van der Waals surface area contributed by atoms with Crippen LogP contribution in [0.25, 0.3) is 0 Å². The number of hydrogen-bond donors (Lipinski definition) is 1. The van der Waals surface area contributed by atoms with E-state index in [0.717, 1.165) is 11.4 Å². The predicted octanol–water partition coefficient (Wildman–Crippen LogP) is 4.49. The van der Waals surface area contributed by atoms with Crippen LogP contribution in [0.1, 0.15) is 24.2 Å². The molecule has 0 aliphatic carbocycles. The fraction of sp³-hybridized carbons (Fsp3) is 0.190. The van der Waals surface area contributed by atoms with Crippen LogP contribution in [0.3, 0.4) is 0 Å². The van der Waals surface area contributed by atoms with Crippen molar-refractivity contribution < 1.29 is 9.53 Å². The molecular formula is C21H22N4O2. The van der Waals surface area contributed by atoms with Gasteiger partial charge in [0.05, 0.1) is 11.3 Å². The molecule has 6 nitrogen and oxygen atoms in total. The maximum Gasteiger partial charge on any atom is 0.256 e. The van der Waals surface area contributed by atoms with Crippen LogP contribution in [0.5, 0.6) is 11.5 Å². The second kappa shape index (κ2) is 8.80. The minimum atomic E-state index is -0.0700. The molecule has 3 aromatic rings. The molecule has 138 valence electrons. The lowest BCUT2D eigenvalue weighted by molar-refractivity contribution is 0.0772. The lowest BCUT2D eigenvalue weighted by Crippen LogP contribution is -2.30. The normalized spacial score (nSPS) is 10.3. The summed E-state index contributed by atoms with van der Waals surface area (Å²) in [6.07, 6.45) is 3.08. The molecule has 2 aromatic carbocycles. The zero-order valence-electron chi connectivity index (χ0n) is 15.4. The van der Waals surface area contributed by atoms with Crippen molar-refractivity contribution in [2.24, 2.45) is 0 Å². The molecule has 0 unspecified atom stereocenters. The maximum atomic E-state index is 12.3. The highest BCUT2D eigenvalue weighted by Gasteiger charge is 2.14. The Hall–Kier alpha value is -3.41. The van der Waals surface area contributed by atoms with Gasteiger partial charge >= 0.3 is 0 Å². The zero-order chi connectivity index (χ0) is 19.1. The molecule has 0 atom stereocenters. The fourth-order valence-electron chi connectivity index (χ4n) is 2.59. The van der Waals surface area contributed by atoms with Gasteiger partial charge in [-0.25, -0.2) is 9.97 Å². The monoisotopic (exact) mass is 362 g/mol. The molecule has 3 rings (SSSR count). The quantitative estimate of drug-likeness (QED) is 0.670. The average molecular weight is 362 g/mol. The molecule has 0 aliphatic rings. The minimum Gasteiger partial charge on any atom is -0.455 e. The van der Waals surface area contributed by atoms with Gasteiger partial charge < -0.3 is 15.0 Å². The van der Waals surface area contributed by atoms with Crippen LogP contribution in [-0.4, -0.2) is 33.9 Å². The number of nitrogens with zero attached hydrogens (tertiary/aromatic N) is 3. The van der Waals surface area contributed by atoms with Crippen molar-refractivity contribution in [2.45, 2.75) is 13.8 Å². The molecule has 0 bridgehead atoms. The van der Waals surface area contributed by atoms with Crippen molar-refractivity contribution >= 4 is 17.5 Å². The van der Waals surface area contributed by atoms with E-state index in [1.165, 1.54) is 12.4 Å². The molecule has 0 spiro atoms. The Bertz CT molecular complexity index is 878. The van der Waals surface area contributed by atoms with E-state index in [-0.39, 0.29) is 5.91 Å². The average Bonchev–Trinajstić information content (AvgIpc) is 2.72. The first-order valence-electron chi connectivity index (χ1n) is 8.91. The summed E-state index contributed by atoms with van der Waals surface area (Å²) in [5.74, 6) is 1.73. The number of carbonyl (C=O) groups excluding carboxylic acids is 1. The summed E-state index contributed by atoms with van der Waals surface area (Å²) < 4.78 is 5.93. The molecule has 1 N–H and O–H groups in total. The second-order valence-electron chi connectivity index (χ2n) is 5.81. The summed E-state index contributed by atoms with van der Waals surface area (Å²) >= 11 is 0. The summed E-state index contributed by atoms with van der Waals surface area (Å²) in [7, 11) is 0. The molecule has 6 heteroatoms. The van der Waals surface area contributed by atoms with E-state index in [4.69, 9.17) is 4.74 Å². The van der Waals surface area contributed by atoms with Crippen LogP contribution < -0.4 is 10.1 Å². The SMILES string of the molecule is CCN(CC)C(=O)c1cnc(Nc2ccccc2Oc2ccccc2)nc1. The molecular weight excluding hydrogens is 340 g/mol. The van der Waals surface area contributed by atoms with Crippen LogP contribution in [0.2, 0.25) is 0 Å². The Balaban J connectivity index is 1.75. The highest BCUT2D eigenvalue weighted by molar-refractivity contribution is 5.93. The van der Waals surface area contributed by atoms with Crippen LogP contribution in [0.4, 0.5) is 11.6 Å². The fourth-order valence-corrected chi connectivity index (χ4v) is 2.59. The van der Waals surface area contributed by atoms with Crippen LogP contribution in [0, 0.1) is 0 Å². The summed E-state index contributed by atoms with van der Waals surface area (Å²) in [5, 5.41) is 3.14. The van der Waals surface area contributed by atoms with E-state index < -0.39 is 0 Å². The van der Waals surface area contributed by atoms with Crippen molar-refractivity contribution in [2.75, 3.05) is 18.4 Å². The van der Waals surface area contributed by atoms with Gasteiger partial charge in [-0.05, 0) is 38.1 Å². The van der Waals surface area contributed by atoms with Gasteiger partial charge in [-0.2, -0.15) is 0 Å². The molecule has 1 amide bonds. The van der Waals surface area contributed by atoms with E-state index in [1.54, 1.807) is 4.90 Å². The highest BCUT2D eigenvalue weighted by atomic mass is 16.5. The molecule has 0 aliphatic heterocycles. The molecule has 27 heavy (non-hydrogen) atoms. The number of rotatable bonds is 7. The summed E-state index contributed by atoms with van der Waals surface area (Å²) in [6.45, 7) is 5.20. The van der Waals surface area contributed by atoms with Crippen LogP contribution in [-0.2, 0) is 0 Å². The van der Waals surface area contributed by atoms with E-state index in [1.807, 2.05) is 68.4 Å². The molecule has 0 fully saturated rings. The first-order chi connectivity index (χ1) is 13.2. The third-order valence-electron chi connectivity index (χ3n) is 4.05. The van der Waals surface area contributed by atoms with E-state index >= 15 is 0 Å². The van der Waals surface area contributed by atoms with E-state index in [2.05, 4.69) is 15.3 Å². The molecule has 0 saturated heterocycles. The first-order valence-corrected chi connectivity index (χ1v) is 8.91. The number of ether oxygens (including phenoxy) is 1. The number of hydrogen-bond acceptors (Lipinski definition) is 5. The van der Waals surface area contributed by atoms with Gasteiger partial charge in [-0.1, -0.05) is 30.3 Å². The third kappa shape index (κ3) is 4.61. The Morgan fingerprint density at radius 2 is 1.59 bits per heavy atom. The largest absolute Gasteiger partial charge is 0.455 e. The Morgan fingerprint density at radius 3 is 2.26 bits per heavy atom. The Labute approximate surface area is 158 Å². The standard InChI is InChI=1S/C21H22N4O2/c1-3-25(4-2)20(26)16-14-22-21(23-15-16)24-18-12-8-9-13-19(18)27-17-10-6-5-7-11-17/h5-15H,3-4H2,1-2H3,(H,22,23,24). The molecule has 1 heterocycles. The van der Waals surface area contributed by atoms with Crippen molar-refractivity contribution in [1.29, 1.82) is 0 Å².